The zero-order valence-corrected chi connectivity index (χ0v) is 16.8. The first kappa shape index (κ1) is 21.2. The Morgan fingerprint density at radius 2 is 2.07 bits per heavy atom. The van der Waals surface area contributed by atoms with Crippen LogP contribution in [-0.4, -0.2) is 54.0 Å². The Morgan fingerprint density at radius 3 is 2.63 bits per heavy atom. The maximum absolute atomic E-state index is 13.0. The zero-order valence-electron chi connectivity index (χ0n) is 16.8. The molecule has 0 unspecified atom stereocenters. The Bertz CT molecular complexity index is 613. The van der Waals surface area contributed by atoms with Crippen molar-refractivity contribution in [1.29, 1.82) is 0 Å². The highest BCUT2D eigenvalue weighted by Crippen LogP contribution is 2.20. The van der Waals surface area contributed by atoms with E-state index in [1.165, 1.54) is 0 Å². The van der Waals surface area contributed by atoms with Gasteiger partial charge in [-0.25, -0.2) is 0 Å². The van der Waals surface area contributed by atoms with Crippen molar-refractivity contribution >= 4 is 11.8 Å². The van der Waals surface area contributed by atoms with Crippen molar-refractivity contribution < 1.29 is 18.7 Å². The summed E-state index contributed by atoms with van der Waals surface area (Å²) in [5.41, 5.74) is -0.134. The number of furan rings is 1. The fourth-order valence-electron chi connectivity index (χ4n) is 3.12. The van der Waals surface area contributed by atoms with Gasteiger partial charge in [-0.05, 0) is 30.4 Å². The van der Waals surface area contributed by atoms with E-state index in [9.17, 15) is 9.59 Å². The van der Waals surface area contributed by atoms with Gasteiger partial charge in [-0.15, -0.1) is 6.58 Å². The number of carbonyl (C=O) groups is 2. The SMILES string of the molecule is C=CCN(CC(=O)N(Cc1ccco1)C[C@H]1CCCO1)C(=O)CC(C)(C)C. The van der Waals surface area contributed by atoms with E-state index in [0.29, 0.717) is 26.1 Å². The van der Waals surface area contributed by atoms with Gasteiger partial charge >= 0.3 is 0 Å². The Hall–Kier alpha value is -2.08. The van der Waals surface area contributed by atoms with Gasteiger partial charge in [-0.1, -0.05) is 26.8 Å². The van der Waals surface area contributed by atoms with Gasteiger partial charge in [-0.2, -0.15) is 0 Å². The summed E-state index contributed by atoms with van der Waals surface area (Å²) in [6.07, 6.45) is 5.65. The topological polar surface area (TPSA) is 63.0 Å². The molecular weight excluding hydrogens is 344 g/mol. The molecule has 1 aliphatic heterocycles. The molecule has 0 bridgehead atoms. The molecular formula is C21H32N2O4. The Kier molecular flexibility index (Phi) is 7.66. The fourth-order valence-corrected chi connectivity index (χ4v) is 3.12. The standard InChI is InChI=1S/C21H32N2O4/c1-5-10-22(19(24)13-21(2,3)4)16-20(25)23(14-17-8-6-11-26-17)15-18-9-7-12-27-18/h5-6,8,11,18H,1,7,9-10,12-16H2,2-4H3/t18-/m1/s1. The molecule has 1 saturated heterocycles. The second-order valence-electron chi connectivity index (χ2n) is 8.29. The number of carbonyl (C=O) groups excluding carboxylic acids is 2. The van der Waals surface area contributed by atoms with Gasteiger partial charge in [0.2, 0.25) is 11.8 Å². The van der Waals surface area contributed by atoms with Crippen LogP contribution in [0.3, 0.4) is 0 Å². The predicted molar refractivity (Wildman–Crippen MR) is 104 cm³/mol. The summed E-state index contributed by atoms with van der Waals surface area (Å²) in [7, 11) is 0. The first-order chi connectivity index (χ1) is 12.8. The lowest BCUT2D eigenvalue weighted by Gasteiger charge is -2.29. The average Bonchev–Trinajstić information content (AvgIpc) is 3.26. The van der Waals surface area contributed by atoms with Gasteiger partial charge < -0.3 is 19.0 Å². The molecule has 27 heavy (non-hydrogen) atoms. The Balaban J connectivity index is 2.06. The maximum atomic E-state index is 13.0. The normalized spacial score (nSPS) is 16.9. The highest BCUT2D eigenvalue weighted by Gasteiger charge is 2.27. The Labute approximate surface area is 162 Å². The molecule has 6 heteroatoms. The molecule has 2 rings (SSSR count). The van der Waals surface area contributed by atoms with Crippen LogP contribution in [0, 0.1) is 5.41 Å². The summed E-state index contributed by atoms with van der Waals surface area (Å²) in [4.78, 5) is 29.0. The lowest BCUT2D eigenvalue weighted by Crippen LogP contribution is -2.45. The van der Waals surface area contributed by atoms with Crippen LogP contribution in [0.25, 0.3) is 0 Å². The number of hydrogen-bond donors (Lipinski definition) is 0. The van der Waals surface area contributed by atoms with Crippen LogP contribution in [0.2, 0.25) is 0 Å². The summed E-state index contributed by atoms with van der Waals surface area (Å²) < 4.78 is 11.1. The van der Waals surface area contributed by atoms with Crippen LogP contribution in [0.15, 0.2) is 35.5 Å². The van der Waals surface area contributed by atoms with Gasteiger partial charge in [-0.3, -0.25) is 9.59 Å². The van der Waals surface area contributed by atoms with Crippen molar-refractivity contribution in [3.8, 4) is 0 Å². The molecule has 1 atom stereocenters. The molecule has 1 fully saturated rings. The van der Waals surface area contributed by atoms with E-state index >= 15 is 0 Å². The Morgan fingerprint density at radius 1 is 1.30 bits per heavy atom. The molecule has 0 aliphatic carbocycles. The first-order valence-corrected chi connectivity index (χ1v) is 9.59. The average molecular weight is 376 g/mol. The number of rotatable bonds is 9. The first-order valence-electron chi connectivity index (χ1n) is 9.59. The van der Waals surface area contributed by atoms with E-state index in [2.05, 4.69) is 6.58 Å². The molecule has 2 amide bonds. The summed E-state index contributed by atoms with van der Waals surface area (Å²) >= 11 is 0. The van der Waals surface area contributed by atoms with E-state index in [-0.39, 0.29) is 29.9 Å². The van der Waals surface area contributed by atoms with Gasteiger partial charge in [0.25, 0.3) is 0 Å². The van der Waals surface area contributed by atoms with E-state index in [4.69, 9.17) is 9.15 Å². The molecule has 6 nitrogen and oxygen atoms in total. The predicted octanol–water partition coefficient (Wildman–Crippen LogP) is 3.24. The van der Waals surface area contributed by atoms with Crippen LogP contribution >= 0.6 is 0 Å². The van der Waals surface area contributed by atoms with Crippen molar-refractivity contribution in [2.75, 3.05) is 26.2 Å². The van der Waals surface area contributed by atoms with E-state index in [0.717, 1.165) is 25.2 Å². The molecule has 1 aromatic heterocycles. The highest BCUT2D eigenvalue weighted by molar-refractivity contribution is 5.85. The lowest BCUT2D eigenvalue weighted by atomic mass is 9.91. The van der Waals surface area contributed by atoms with E-state index in [1.807, 2.05) is 26.8 Å². The maximum Gasteiger partial charge on any atom is 0.242 e. The third-order valence-electron chi connectivity index (χ3n) is 4.44. The summed E-state index contributed by atoms with van der Waals surface area (Å²) in [6, 6.07) is 3.66. The minimum atomic E-state index is -0.134. The van der Waals surface area contributed by atoms with Crippen molar-refractivity contribution in [2.45, 2.75) is 52.7 Å². The van der Waals surface area contributed by atoms with Crippen molar-refractivity contribution in [3.05, 3.63) is 36.8 Å². The molecule has 1 aliphatic rings. The summed E-state index contributed by atoms with van der Waals surface area (Å²) in [5.74, 6) is 0.578. The molecule has 150 valence electrons. The minimum absolute atomic E-state index is 0.0361. The van der Waals surface area contributed by atoms with Crippen LogP contribution < -0.4 is 0 Å². The number of ether oxygens (including phenoxy) is 1. The third kappa shape index (κ3) is 7.21. The van der Waals surface area contributed by atoms with Crippen LogP contribution in [0.4, 0.5) is 0 Å². The van der Waals surface area contributed by atoms with E-state index < -0.39 is 0 Å². The zero-order chi connectivity index (χ0) is 19.9. The number of amides is 2. The third-order valence-corrected chi connectivity index (χ3v) is 4.44. The second-order valence-corrected chi connectivity index (χ2v) is 8.29. The van der Waals surface area contributed by atoms with Gasteiger partial charge in [0.15, 0.2) is 0 Å². The second kappa shape index (κ2) is 9.74. The molecule has 0 N–H and O–H groups in total. The number of hydrogen-bond acceptors (Lipinski definition) is 4. The monoisotopic (exact) mass is 376 g/mol. The largest absolute Gasteiger partial charge is 0.467 e. The van der Waals surface area contributed by atoms with E-state index in [1.54, 1.807) is 28.2 Å². The van der Waals surface area contributed by atoms with Gasteiger partial charge in [0, 0.05) is 26.1 Å². The molecule has 0 saturated carbocycles. The smallest absolute Gasteiger partial charge is 0.242 e. The molecule has 2 heterocycles. The van der Waals surface area contributed by atoms with Crippen molar-refractivity contribution in [1.82, 2.24) is 9.80 Å². The molecule has 0 radical (unpaired) electrons. The van der Waals surface area contributed by atoms with Gasteiger partial charge in [0.1, 0.15) is 12.3 Å². The molecule has 0 spiro atoms. The highest BCUT2D eigenvalue weighted by atomic mass is 16.5. The van der Waals surface area contributed by atoms with Gasteiger partial charge in [0.05, 0.1) is 18.9 Å². The van der Waals surface area contributed by atoms with Crippen LogP contribution in [-0.2, 0) is 20.9 Å². The molecule has 0 aromatic carbocycles. The quantitative estimate of drug-likeness (QED) is 0.621. The number of nitrogens with zero attached hydrogens (tertiary/aromatic N) is 2. The summed E-state index contributed by atoms with van der Waals surface area (Å²) in [6.45, 7) is 11.8. The lowest BCUT2D eigenvalue weighted by molar-refractivity contribution is -0.142. The minimum Gasteiger partial charge on any atom is -0.467 e. The van der Waals surface area contributed by atoms with Crippen molar-refractivity contribution in [3.63, 3.8) is 0 Å². The molecule has 1 aromatic rings. The fraction of sp³-hybridized carbons (Fsp3) is 0.619. The summed E-state index contributed by atoms with van der Waals surface area (Å²) in [5, 5.41) is 0. The van der Waals surface area contributed by atoms with Crippen molar-refractivity contribution in [2.24, 2.45) is 5.41 Å². The van der Waals surface area contributed by atoms with Crippen LogP contribution in [0.1, 0.15) is 45.8 Å². The van der Waals surface area contributed by atoms with Crippen LogP contribution in [0.5, 0.6) is 0 Å².